The number of fused-ring (bicyclic) bond motifs is 5. The number of pyridine rings is 2. The van der Waals surface area contributed by atoms with Gasteiger partial charge in [0, 0.05) is 62.4 Å². The van der Waals surface area contributed by atoms with E-state index in [-0.39, 0.29) is 87.5 Å². The number of likely N-dealkylation sites (N-methyl/N-ethyl adjacent to an activating group) is 2. The number of rotatable bonds is 20. The average Bonchev–Trinajstić information content (AvgIpc) is 3.72. The number of amides is 7. The number of aliphatic carboxylic acids is 1. The van der Waals surface area contributed by atoms with Gasteiger partial charge >= 0.3 is 30.2 Å². The highest BCUT2D eigenvalue weighted by Gasteiger charge is 2.47. The molecule has 388 valence electrons. The first-order valence-corrected chi connectivity index (χ1v) is 24.0. The Morgan fingerprint density at radius 3 is 2.30 bits per heavy atom. The molecular formula is C50H59N9O14. The number of carbonyl (C=O) groups excluding carboxylic acids is 7. The van der Waals surface area contributed by atoms with Gasteiger partial charge in [-0.3, -0.25) is 24.0 Å². The van der Waals surface area contributed by atoms with Crippen LogP contribution >= 0.6 is 0 Å². The van der Waals surface area contributed by atoms with Crippen molar-refractivity contribution in [1.29, 1.82) is 0 Å². The van der Waals surface area contributed by atoms with E-state index in [1.807, 2.05) is 6.92 Å². The van der Waals surface area contributed by atoms with E-state index in [2.05, 4.69) is 21.3 Å². The minimum Gasteiger partial charge on any atom is -0.481 e. The number of nitrogens with zero attached hydrogens (tertiary/aromatic N) is 4. The Balaban J connectivity index is 0.903. The van der Waals surface area contributed by atoms with E-state index >= 15 is 0 Å². The fourth-order valence-electron chi connectivity index (χ4n) is 9.01. The van der Waals surface area contributed by atoms with Gasteiger partial charge in [0.1, 0.15) is 30.5 Å². The summed E-state index contributed by atoms with van der Waals surface area (Å²) in [6.07, 6.45) is 0.151. The first-order valence-electron chi connectivity index (χ1n) is 24.0. The van der Waals surface area contributed by atoms with Gasteiger partial charge in [0.05, 0.1) is 35.4 Å². The highest BCUT2D eigenvalue weighted by atomic mass is 16.6. The van der Waals surface area contributed by atoms with E-state index < -0.39 is 71.5 Å². The second kappa shape index (κ2) is 22.1. The van der Waals surface area contributed by atoms with Crippen molar-refractivity contribution in [2.24, 2.45) is 5.73 Å². The third-order valence-corrected chi connectivity index (χ3v) is 13.5. The van der Waals surface area contributed by atoms with Crippen LogP contribution in [0.5, 0.6) is 5.75 Å². The lowest BCUT2D eigenvalue weighted by Gasteiger charge is -2.41. The number of hydrogen-bond acceptors (Lipinski definition) is 14. The summed E-state index contributed by atoms with van der Waals surface area (Å²) in [6.45, 7) is 3.79. The molecule has 0 spiro atoms. The zero-order valence-corrected chi connectivity index (χ0v) is 41.0. The molecule has 0 bridgehead atoms. The van der Waals surface area contributed by atoms with Crippen molar-refractivity contribution in [3.8, 4) is 17.1 Å². The highest BCUT2D eigenvalue weighted by Crippen LogP contribution is 2.41. The monoisotopic (exact) mass is 1010 g/mol. The molecule has 8 N–H and O–H groups in total. The minimum absolute atomic E-state index is 0.0256. The molecule has 4 heterocycles. The number of aryl methyl sites for hydroxylation is 1. The summed E-state index contributed by atoms with van der Waals surface area (Å²) in [5.74, 6) is -3.46. The maximum Gasteiger partial charge on any atom is 0.415 e. The summed E-state index contributed by atoms with van der Waals surface area (Å²) in [5.41, 5.74) is 6.31. The van der Waals surface area contributed by atoms with E-state index in [0.717, 1.165) is 16.5 Å². The van der Waals surface area contributed by atoms with Gasteiger partial charge in [-0.1, -0.05) is 26.0 Å². The van der Waals surface area contributed by atoms with Gasteiger partial charge in [-0.2, -0.15) is 0 Å². The van der Waals surface area contributed by atoms with E-state index in [1.54, 1.807) is 60.0 Å². The molecule has 2 atom stereocenters. The number of anilines is 1. The highest BCUT2D eigenvalue weighted by molar-refractivity contribution is 6.00. The van der Waals surface area contributed by atoms with Gasteiger partial charge in [0.2, 0.25) is 17.7 Å². The summed E-state index contributed by atoms with van der Waals surface area (Å²) < 4.78 is 18.0. The van der Waals surface area contributed by atoms with Crippen molar-refractivity contribution in [1.82, 2.24) is 35.3 Å². The number of primary amides is 1. The molecule has 7 rings (SSSR count). The Kier molecular flexibility index (Phi) is 16.0. The van der Waals surface area contributed by atoms with Crippen LogP contribution in [0.4, 0.5) is 20.1 Å². The van der Waals surface area contributed by atoms with Crippen LogP contribution in [0.3, 0.4) is 0 Å². The molecular weight excluding hydrogens is 951 g/mol. The molecule has 1 saturated carbocycles. The third-order valence-electron chi connectivity index (χ3n) is 13.5. The second-order valence-electron chi connectivity index (χ2n) is 18.3. The zero-order chi connectivity index (χ0) is 52.8. The topological polar surface area (TPSA) is 320 Å². The maximum atomic E-state index is 13.7. The number of carbonyl (C=O) groups is 8. The minimum atomic E-state index is -1.95. The number of urea groups is 1. The molecule has 4 aromatic rings. The van der Waals surface area contributed by atoms with Crippen LogP contribution in [0.25, 0.3) is 22.3 Å². The van der Waals surface area contributed by atoms with Crippen molar-refractivity contribution < 1.29 is 62.8 Å². The van der Waals surface area contributed by atoms with E-state index in [1.165, 1.54) is 23.9 Å². The number of esters is 1. The molecule has 2 aromatic carbocycles. The third kappa shape index (κ3) is 11.5. The molecule has 23 nitrogen and oxygen atoms in total. The molecule has 2 aliphatic heterocycles. The standard InChI is InChI=1S/C50H59N9O14/c1-5-31-32-23-30(14-15-36(32)54-41-33(31)25-59-38(41)24-35-34(43(59)64)27-71-45(66)50(35,70)6-2)73-48(69)58(4)22-21-57(3)47(68)72-26-28-10-12-29(13-11-28)53-42(63)37(9-7-20-52-46(51)67)55-44(65)49(18-8-19-49)56-39(60)16-17-40(61)62/h10-15,23-24,37,70H,5-9,16-22,25-27H2,1-4H3,(H,53,63)(H,55,65)(H,56,60)(H,61,62)(H3,51,52,67)/t37-,50-/m0/s1. The molecule has 0 saturated heterocycles. The quantitative estimate of drug-likeness (QED) is 0.0435. The predicted octanol–water partition coefficient (Wildman–Crippen LogP) is 3.12. The summed E-state index contributed by atoms with van der Waals surface area (Å²) in [5, 5.41) is 31.5. The molecule has 73 heavy (non-hydrogen) atoms. The molecule has 0 radical (unpaired) electrons. The van der Waals surface area contributed by atoms with Crippen LogP contribution in [-0.4, -0.2) is 123 Å². The number of carboxylic acid groups (broad SMARTS) is 1. The van der Waals surface area contributed by atoms with Crippen LogP contribution in [0.2, 0.25) is 0 Å². The largest absolute Gasteiger partial charge is 0.481 e. The van der Waals surface area contributed by atoms with Crippen molar-refractivity contribution >= 4 is 64.5 Å². The Morgan fingerprint density at radius 2 is 1.66 bits per heavy atom. The van der Waals surface area contributed by atoms with Gasteiger partial charge in [-0.25, -0.2) is 24.2 Å². The molecule has 1 fully saturated rings. The number of carboxylic acids is 1. The van der Waals surface area contributed by atoms with E-state index in [9.17, 15) is 48.3 Å². The van der Waals surface area contributed by atoms with Gasteiger partial charge < -0.3 is 65.8 Å². The van der Waals surface area contributed by atoms with Gasteiger partial charge in [-0.15, -0.1) is 0 Å². The van der Waals surface area contributed by atoms with Gasteiger partial charge in [-0.05, 0) is 92.5 Å². The Bertz CT molecular complexity index is 2920. The van der Waals surface area contributed by atoms with Crippen LogP contribution in [0.15, 0.2) is 53.3 Å². The van der Waals surface area contributed by atoms with E-state index in [0.29, 0.717) is 53.8 Å². The summed E-state index contributed by atoms with van der Waals surface area (Å²) in [4.78, 5) is 122. The van der Waals surface area contributed by atoms with Crippen molar-refractivity contribution in [3.63, 3.8) is 0 Å². The number of hydrogen-bond donors (Lipinski definition) is 7. The van der Waals surface area contributed by atoms with E-state index in [4.69, 9.17) is 30.0 Å². The number of nitrogens with two attached hydrogens (primary N) is 1. The lowest BCUT2D eigenvalue weighted by Crippen LogP contribution is -2.65. The number of benzene rings is 2. The fraction of sp³-hybridized carbons (Fsp3) is 0.440. The van der Waals surface area contributed by atoms with Gasteiger partial charge in [0.25, 0.3) is 5.56 Å². The fourth-order valence-corrected chi connectivity index (χ4v) is 9.01. The zero-order valence-electron chi connectivity index (χ0n) is 41.0. The first kappa shape index (κ1) is 52.7. The van der Waals surface area contributed by atoms with Crippen LogP contribution in [-0.2, 0) is 65.2 Å². The van der Waals surface area contributed by atoms with Crippen molar-refractivity contribution in [2.45, 2.75) is 109 Å². The number of cyclic esters (lactones) is 1. The second-order valence-corrected chi connectivity index (χ2v) is 18.3. The SMILES string of the molecule is CCc1c2c(nc3ccc(OC(=O)N(C)CCN(C)C(=O)OCc4ccc(NC(=O)[C@H](CCCNC(N)=O)NC(=O)C5(NC(=O)CCC(=O)O)CCC5)cc4)cc13)-c1cc3c(c(=O)n1C2)COC(=O)[C@]3(O)CC. The van der Waals surface area contributed by atoms with Crippen molar-refractivity contribution in [2.75, 3.05) is 39.0 Å². The molecule has 2 aromatic heterocycles. The average molecular weight is 1010 g/mol. The van der Waals surface area contributed by atoms with Gasteiger partial charge in [0.15, 0.2) is 5.60 Å². The number of aliphatic hydroxyl groups is 1. The summed E-state index contributed by atoms with van der Waals surface area (Å²) >= 11 is 0. The molecule has 1 aliphatic carbocycles. The maximum absolute atomic E-state index is 13.7. The number of aromatic nitrogens is 2. The number of ether oxygens (including phenoxy) is 3. The lowest BCUT2D eigenvalue weighted by atomic mass is 9.75. The summed E-state index contributed by atoms with van der Waals surface area (Å²) in [7, 11) is 3.04. The molecule has 23 heteroatoms. The van der Waals surface area contributed by atoms with Crippen LogP contribution in [0.1, 0.15) is 93.0 Å². The smallest absolute Gasteiger partial charge is 0.415 e. The Morgan fingerprint density at radius 1 is 0.945 bits per heavy atom. The molecule has 7 amide bonds. The normalized spacial score (nSPS) is 16.3. The predicted molar refractivity (Wildman–Crippen MR) is 261 cm³/mol. The Labute approximate surface area is 418 Å². The first-order chi connectivity index (χ1) is 34.8. The molecule has 0 unspecified atom stereocenters. The number of nitrogens with one attached hydrogen (secondary N) is 4. The van der Waals surface area contributed by atoms with Crippen LogP contribution < -0.4 is 37.3 Å². The Hall–Kier alpha value is -8.08. The summed E-state index contributed by atoms with van der Waals surface area (Å²) in [6, 6.07) is 11.3. The molecule has 3 aliphatic rings. The lowest BCUT2D eigenvalue weighted by molar-refractivity contribution is -0.172. The van der Waals surface area contributed by atoms with Crippen LogP contribution in [0, 0.1) is 0 Å². The van der Waals surface area contributed by atoms with Crippen molar-refractivity contribution in [3.05, 3.63) is 86.7 Å².